The molecule has 1 aromatic heterocycles. The highest BCUT2D eigenvalue weighted by atomic mass is 19.1. The number of benzene rings is 1. The van der Waals surface area contributed by atoms with Crippen LogP contribution in [0, 0.1) is 12.7 Å². The first-order valence-corrected chi connectivity index (χ1v) is 5.56. The van der Waals surface area contributed by atoms with Crippen LogP contribution in [-0.4, -0.2) is 5.16 Å². The molecule has 1 aromatic carbocycles. The van der Waals surface area contributed by atoms with Crippen molar-refractivity contribution < 1.29 is 8.91 Å². The zero-order valence-electron chi connectivity index (χ0n) is 9.90. The molecule has 4 heteroatoms. The lowest BCUT2D eigenvalue weighted by Gasteiger charge is -2.13. The smallest absolute Gasteiger partial charge is 0.150 e. The summed E-state index contributed by atoms with van der Waals surface area (Å²) in [6.45, 7) is 4.32. The van der Waals surface area contributed by atoms with Gasteiger partial charge in [0.15, 0.2) is 0 Å². The Hall–Kier alpha value is -1.68. The number of nitrogens with zero attached hydrogens (tertiary/aromatic N) is 1. The fraction of sp³-hybridized carbons (Fsp3) is 0.308. The fourth-order valence-corrected chi connectivity index (χ4v) is 1.58. The monoisotopic (exact) mass is 234 g/mol. The van der Waals surface area contributed by atoms with Crippen molar-refractivity contribution in [1.82, 2.24) is 10.5 Å². The minimum absolute atomic E-state index is 0.0650. The minimum Gasteiger partial charge on any atom is -0.360 e. The Kier molecular flexibility index (Phi) is 3.54. The van der Waals surface area contributed by atoms with Crippen molar-refractivity contribution in [3.8, 4) is 0 Å². The van der Waals surface area contributed by atoms with Gasteiger partial charge in [0.05, 0.1) is 12.7 Å². The van der Waals surface area contributed by atoms with E-state index in [9.17, 15) is 4.39 Å². The van der Waals surface area contributed by atoms with Crippen molar-refractivity contribution in [1.29, 1.82) is 0 Å². The third kappa shape index (κ3) is 2.91. The lowest BCUT2D eigenvalue weighted by atomic mass is 10.1. The van der Waals surface area contributed by atoms with Crippen LogP contribution in [0.5, 0.6) is 0 Å². The number of hydrogen-bond donors (Lipinski definition) is 1. The molecule has 1 unspecified atom stereocenters. The lowest BCUT2D eigenvalue weighted by Crippen LogP contribution is -2.17. The summed E-state index contributed by atoms with van der Waals surface area (Å²) in [5, 5.41) is 6.87. The summed E-state index contributed by atoms with van der Waals surface area (Å²) in [5.74, 6) is 0.597. The molecule has 1 atom stereocenters. The van der Waals surface area contributed by atoms with E-state index in [1.54, 1.807) is 31.3 Å². The predicted molar refractivity (Wildman–Crippen MR) is 62.9 cm³/mol. The van der Waals surface area contributed by atoms with Gasteiger partial charge in [-0.25, -0.2) is 4.39 Å². The van der Waals surface area contributed by atoms with E-state index in [1.165, 1.54) is 0 Å². The number of aromatic nitrogens is 1. The summed E-state index contributed by atoms with van der Waals surface area (Å²) in [6, 6.07) is 7.14. The molecule has 1 heterocycles. The Morgan fingerprint density at radius 2 is 2.24 bits per heavy atom. The highest BCUT2D eigenvalue weighted by Crippen LogP contribution is 2.16. The molecule has 0 radical (unpaired) electrons. The van der Waals surface area contributed by atoms with Gasteiger partial charge in [-0.05, 0) is 31.0 Å². The number of halogens is 1. The Morgan fingerprint density at radius 3 is 2.88 bits per heavy atom. The zero-order valence-corrected chi connectivity index (χ0v) is 9.90. The molecule has 0 aliphatic carbocycles. The predicted octanol–water partition coefficient (Wildman–Crippen LogP) is 2.97. The standard InChI is InChI=1S/C13H15FN2O/c1-9-3-4-11(7-13(9)14)10(2)15-8-12-5-6-16-17-12/h3-7,10,15H,8H2,1-2H3. The van der Waals surface area contributed by atoms with E-state index >= 15 is 0 Å². The van der Waals surface area contributed by atoms with Gasteiger partial charge in [0.25, 0.3) is 0 Å². The van der Waals surface area contributed by atoms with Gasteiger partial charge in [-0.15, -0.1) is 0 Å². The maximum Gasteiger partial charge on any atom is 0.150 e. The third-order valence-corrected chi connectivity index (χ3v) is 2.77. The van der Waals surface area contributed by atoms with Crippen LogP contribution in [0.4, 0.5) is 4.39 Å². The second-order valence-corrected chi connectivity index (χ2v) is 4.09. The van der Waals surface area contributed by atoms with E-state index in [2.05, 4.69) is 10.5 Å². The van der Waals surface area contributed by atoms with Crippen LogP contribution >= 0.6 is 0 Å². The molecule has 2 aromatic rings. The van der Waals surface area contributed by atoms with Gasteiger partial charge < -0.3 is 9.84 Å². The Labute approximate surface area is 99.6 Å². The molecule has 0 amide bonds. The van der Waals surface area contributed by atoms with E-state index < -0.39 is 0 Å². The second-order valence-electron chi connectivity index (χ2n) is 4.09. The zero-order chi connectivity index (χ0) is 12.3. The molecule has 0 aliphatic heterocycles. The van der Waals surface area contributed by atoms with Crippen molar-refractivity contribution >= 4 is 0 Å². The molecule has 0 saturated heterocycles. The fourth-order valence-electron chi connectivity index (χ4n) is 1.58. The summed E-state index contributed by atoms with van der Waals surface area (Å²) in [7, 11) is 0. The van der Waals surface area contributed by atoms with Crippen LogP contribution in [0.2, 0.25) is 0 Å². The van der Waals surface area contributed by atoms with Crippen molar-refractivity contribution in [2.75, 3.05) is 0 Å². The molecular weight excluding hydrogens is 219 g/mol. The van der Waals surface area contributed by atoms with E-state index in [0.29, 0.717) is 12.1 Å². The van der Waals surface area contributed by atoms with E-state index in [4.69, 9.17) is 4.52 Å². The van der Waals surface area contributed by atoms with Crippen molar-refractivity contribution in [2.24, 2.45) is 0 Å². The molecule has 90 valence electrons. The Bertz CT molecular complexity index is 482. The maximum atomic E-state index is 13.4. The quantitative estimate of drug-likeness (QED) is 0.883. The SMILES string of the molecule is Cc1ccc(C(C)NCc2ccno2)cc1F. The highest BCUT2D eigenvalue weighted by Gasteiger charge is 2.08. The van der Waals surface area contributed by atoms with E-state index in [-0.39, 0.29) is 11.9 Å². The van der Waals surface area contributed by atoms with Gasteiger partial charge >= 0.3 is 0 Å². The molecule has 0 saturated carbocycles. The average molecular weight is 234 g/mol. The summed E-state index contributed by atoms with van der Waals surface area (Å²) >= 11 is 0. The Morgan fingerprint density at radius 1 is 1.41 bits per heavy atom. The van der Waals surface area contributed by atoms with Gasteiger partial charge in [-0.2, -0.15) is 0 Å². The first kappa shape index (κ1) is 11.8. The molecule has 3 nitrogen and oxygen atoms in total. The first-order valence-electron chi connectivity index (χ1n) is 5.56. The molecule has 0 fully saturated rings. The van der Waals surface area contributed by atoms with Crippen LogP contribution in [0.1, 0.15) is 29.9 Å². The molecular formula is C13H15FN2O. The second kappa shape index (κ2) is 5.10. The van der Waals surface area contributed by atoms with Gasteiger partial charge in [0.1, 0.15) is 11.6 Å². The maximum absolute atomic E-state index is 13.4. The normalized spacial score (nSPS) is 12.6. The van der Waals surface area contributed by atoms with Gasteiger partial charge in [0, 0.05) is 12.1 Å². The summed E-state index contributed by atoms with van der Waals surface area (Å²) in [6.07, 6.45) is 1.60. The summed E-state index contributed by atoms with van der Waals surface area (Å²) < 4.78 is 18.4. The Balaban J connectivity index is 1.99. The molecule has 0 spiro atoms. The number of nitrogens with one attached hydrogen (secondary N) is 1. The molecule has 2 rings (SSSR count). The lowest BCUT2D eigenvalue weighted by molar-refractivity contribution is 0.366. The summed E-state index contributed by atoms with van der Waals surface area (Å²) in [4.78, 5) is 0. The number of rotatable bonds is 4. The van der Waals surface area contributed by atoms with Gasteiger partial charge in [0.2, 0.25) is 0 Å². The van der Waals surface area contributed by atoms with Crippen LogP contribution in [-0.2, 0) is 6.54 Å². The molecule has 17 heavy (non-hydrogen) atoms. The minimum atomic E-state index is -0.171. The number of hydrogen-bond acceptors (Lipinski definition) is 3. The molecule has 0 aliphatic rings. The third-order valence-electron chi connectivity index (χ3n) is 2.77. The molecule has 1 N–H and O–H groups in total. The van der Waals surface area contributed by atoms with Crippen molar-refractivity contribution in [2.45, 2.75) is 26.4 Å². The van der Waals surface area contributed by atoms with E-state index in [1.807, 2.05) is 13.0 Å². The highest BCUT2D eigenvalue weighted by molar-refractivity contribution is 5.25. The first-order chi connectivity index (χ1) is 8.16. The van der Waals surface area contributed by atoms with E-state index in [0.717, 1.165) is 11.3 Å². The topological polar surface area (TPSA) is 38.1 Å². The summed E-state index contributed by atoms with van der Waals surface area (Å²) in [5.41, 5.74) is 1.59. The van der Waals surface area contributed by atoms with Crippen LogP contribution in [0.3, 0.4) is 0 Å². The number of aryl methyl sites for hydroxylation is 1. The average Bonchev–Trinajstić information content (AvgIpc) is 2.82. The van der Waals surface area contributed by atoms with Gasteiger partial charge in [-0.1, -0.05) is 17.3 Å². The van der Waals surface area contributed by atoms with Crippen molar-refractivity contribution in [3.05, 3.63) is 53.2 Å². The molecule has 0 bridgehead atoms. The van der Waals surface area contributed by atoms with Crippen LogP contribution < -0.4 is 5.32 Å². The van der Waals surface area contributed by atoms with Gasteiger partial charge in [-0.3, -0.25) is 0 Å². The largest absolute Gasteiger partial charge is 0.360 e. The van der Waals surface area contributed by atoms with Crippen LogP contribution in [0.15, 0.2) is 35.0 Å². The van der Waals surface area contributed by atoms with Crippen LogP contribution in [0.25, 0.3) is 0 Å². The van der Waals surface area contributed by atoms with Crippen molar-refractivity contribution in [3.63, 3.8) is 0 Å².